The number of hydrogen-bond acceptors (Lipinski definition) is 3. The summed E-state index contributed by atoms with van der Waals surface area (Å²) in [6, 6.07) is 13.0. The molecule has 2 aromatic carbocycles. The van der Waals surface area contributed by atoms with E-state index in [4.69, 9.17) is 0 Å². The van der Waals surface area contributed by atoms with Crippen LogP contribution in [-0.4, -0.2) is 20.6 Å². The number of hydrogen-bond donors (Lipinski definition) is 2. The van der Waals surface area contributed by atoms with E-state index < -0.39 is 5.60 Å². The Labute approximate surface area is 174 Å². The molecule has 0 unspecified atom stereocenters. The van der Waals surface area contributed by atoms with Crippen molar-refractivity contribution in [2.75, 3.05) is 5.32 Å². The van der Waals surface area contributed by atoms with Crippen LogP contribution in [0.2, 0.25) is 0 Å². The Morgan fingerprint density at radius 3 is 2.60 bits per heavy atom. The van der Waals surface area contributed by atoms with Crippen molar-refractivity contribution in [3.8, 4) is 0 Å². The number of amides is 1. The van der Waals surface area contributed by atoms with Gasteiger partial charge in [-0.25, -0.2) is 9.37 Å². The molecule has 2 fully saturated rings. The van der Waals surface area contributed by atoms with E-state index >= 15 is 0 Å². The van der Waals surface area contributed by atoms with Gasteiger partial charge in [-0.2, -0.15) is 0 Å². The van der Waals surface area contributed by atoms with Crippen LogP contribution in [0.25, 0.3) is 11.0 Å². The van der Waals surface area contributed by atoms with Crippen molar-refractivity contribution in [3.63, 3.8) is 0 Å². The second kappa shape index (κ2) is 7.20. The lowest BCUT2D eigenvalue weighted by Crippen LogP contribution is -2.30. The quantitative estimate of drug-likeness (QED) is 0.603. The van der Waals surface area contributed by atoms with Crippen molar-refractivity contribution in [1.82, 2.24) is 9.55 Å². The van der Waals surface area contributed by atoms with Gasteiger partial charge in [-0.3, -0.25) is 10.1 Å². The molecule has 1 aromatic heterocycles. The Kier molecular flexibility index (Phi) is 4.62. The molecular formula is C24H26FN3O2. The van der Waals surface area contributed by atoms with Crippen molar-refractivity contribution in [2.24, 2.45) is 0 Å². The smallest absolute Gasteiger partial charge is 0.229 e. The van der Waals surface area contributed by atoms with E-state index in [1.165, 1.54) is 0 Å². The summed E-state index contributed by atoms with van der Waals surface area (Å²) in [6.07, 6.45) is 5.18. The highest BCUT2D eigenvalue weighted by Gasteiger charge is 2.31. The summed E-state index contributed by atoms with van der Waals surface area (Å²) >= 11 is 0. The summed E-state index contributed by atoms with van der Waals surface area (Å²) in [5.74, 6) is 0.130. The first kappa shape index (κ1) is 19.2. The third-order valence-electron chi connectivity index (χ3n) is 6.41. The van der Waals surface area contributed by atoms with Crippen LogP contribution in [0.5, 0.6) is 0 Å². The zero-order valence-electron chi connectivity index (χ0n) is 17.1. The van der Waals surface area contributed by atoms with Gasteiger partial charge >= 0.3 is 0 Å². The highest BCUT2D eigenvalue weighted by Crippen LogP contribution is 2.43. The SMILES string of the molecule is C[C@@](O)(CC(=O)Nc1nc2c(F)cc(C3CC3)cc2n1C1CCC1)c1ccccc1. The van der Waals surface area contributed by atoms with E-state index in [2.05, 4.69) is 10.3 Å². The van der Waals surface area contributed by atoms with Crippen LogP contribution >= 0.6 is 0 Å². The maximum absolute atomic E-state index is 14.8. The second-order valence-electron chi connectivity index (χ2n) is 8.90. The van der Waals surface area contributed by atoms with E-state index in [9.17, 15) is 14.3 Å². The van der Waals surface area contributed by atoms with Crippen LogP contribution in [0.1, 0.15) is 68.5 Å². The van der Waals surface area contributed by atoms with Gasteiger partial charge in [-0.1, -0.05) is 30.3 Å². The maximum atomic E-state index is 14.8. The Balaban J connectivity index is 1.46. The monoisotopic (exact) mass is 407 g/mol. The number of carbonyl (C=O) groups excluding carboxylic acids is 1. The number of rotatable bonds is 6. The third kappa shape index (κ3) is 3.49. The van der Waals surface area contributed by atoms with Crippen molar-refractivity contribution < 1.29 is 14.3 Å². The molecule has 0 saturated heterocycles. The fraction of sp³-hybridized carbons (Fsp3) is 0.417. The Bertz CT molecular complexity index is 1100. The van der Waals surface area contributed by atoms with Crippen LogP contribution in [0.3, 0.4) is 0 Å². The fourth-order valence-electron chi connectivity index (χ4n) is 4.31. The molecule has 6 heteroatoms. The number of benzene rings is 2. The van der Waals surface area contributed by atoms with Gasteiger partial charge in [0.05, 0.1) is 17.5 Å². The number of anilines is 1. The molecule has 2 aliphatic carbocycles. The summed E-state index contributed by atoms with van der Waals surface area (Å²) in [7, 11) is 0. The topological polar surface area (TPSA) is 67.2 Å². The molecule has 1 atom stereocenters. The summed E-state index contributed by atoms with van der Waals surface area (Å²) in [5.41, 5.74) is 1.45. The highest BCUT2D eigenvalue weighted by molar-refractivity contribution is 5.92. The molecule has 5 rings (SSSR count). The van der Waals surface area contributed by atoms with Crippen molar-refractivity contribution >= 4 is 22.9 Å². The molecule has 2 aliphatic rings. The molecule has 1 amide bonds. The summed E-state index contributed by atoms with van der Waals surface area (Å²) in [6.45, 7) is 1.62. The van der Waals surface area contributed by atoms with E-state index in [0.717, 1.165) is 43.2 Å². The van der Waals surface area contributed by atoms with E-state index in [1.54, 1.807) is 25.1 Å². The fourth-order valence-corrected chi connectivity index (χ4v) is 4.31. The minimum absolute atomic E-state index is 0.110. The van der Waals surface area contributed by atoms with Crippen LogP contribution in [0.15, 0.2) is 42.5 Å². The molecule has 3 aromatic rings. The average molecular weight is 407 g/mol. The zero-order chi connectivity index (χ0) is 20.9. The zero-order valence-corrected chi connectivity index (χ0v) is 17.1. The minimum Gasteiger partial charge on any atom is -0.385 e. The molecular weight excluding hydrogens is 381 g/mol. The molecule has 30 heavy (non-hydrogen) atoms. The number of nitrogens with zero attached hydrogens (tertiary/aromatic N) is 2. The Morgan fingerprint density at radius 1 is 1.23 bits per heavy atom. The van der Waals surface area contributed by atoms with Crippen LogP contribution in [-0.2, 0) is 10.4 Å². The number of nitrogens with one attached hydrogen (secondary N) is 1. The molecule has 5 nitrogen and oxygen atoms in total. The molecule has 0 radical (unpaired) electrons. The normalized spacial score (nSPS) is 18.8. The second-order valence-corrected chi connectivity index (χ2v) is 8.90. The van der Waals surface area contributed by atoms with Crippen LogP contribution in [0, 0.1) is 5.82 Å². The minimum atomic E-state index is -1.30. The van der Waals surface area contributed by atoms with E-state index in [-0.39, 0.29) is 24.2 Å². The maximum Gasteiger partial charge on any atom is 0.229 e. The molecule has 156 valence electrons. The van der Waals surface area contributed by atoms with Gasteiger partial charge in [-0.15, -0.1) is 0 Å². The number of aliphatic hydroxyl groups is 1. The first-order valence-electron chi connectivity index (χ1n) is 10.7. The Morgan fingerprint density at radius 2 is 1.97 bits per heavy atom. The predicted octanol–water partition coefficient (Wildman–Crippen LogP) is 5.01. The largest absolute Gasteiger partial charge is 0.385 e. The lowest BCUT2D eigenvalue weighted by molar-refractivity contribution is -0.120. The van der Waals surface area contributed by atoms with Gasteiger partial charge < -0.3 is 9.67 Å². The first-order valence-corrected chi connectivity index (χ1v) is 10.7. The van der Waals surface area contributed by atoms with Gasteiger partial charge in [-0.05, 0) is 68.2 Å². The number of imidazole rings is 1. The van der Waals surface area contributed by atoms with Crippen molar-refractivity contribution in [1.29, 1.82) is 0 Å². The molecule has 1 heterocycles. The molecule has 2 saturated carbocycles. The van der Waals surface area contributed by atoms with E-state index in [0.29, 0.717) is 22.9 Å². The summed E-state index contributed by atoms with van der Waals surface area (Å²) < 4.78 is 16.8. The van der Waals surface area contributed by atoms with Gasteiger partial charge in [0.25, 0.3) is 0 Å². The van der Waals surface area contributed by atoms with Crippen molar-refractivity contribution in [3.05, 3.63) is 59.4 Å². The average Bonchev–Trinajstić information content (AvgIpc) is 3.46. The molecule has 0 spiro atoms. The van der Waals surface area contributed by atoms with Gasteiger partial charge in [0, 0.05) is 6.04 Å². The lowest BCUT2D eigenvalue weighted by Gasteiger charge is -2.29. The van der Waals surface area contributed by atoms with Gasteiger partial charge in [0.2, 0.25) is 11.9 Å². The number of carbonyl (C=O) groups is 1. The summed E-state index contributed by atoms with van der Waals surface area (Å²) in [4.78, 5) is 17.3. The van der Waals surface area contributed by atoms with Crippen molar-refractivity contribution in [2.45, 2.75) is 63.0 Å². The molecule has 0 bridgehead atoms. The highest BCUT2D eigenvalue weighted by atomic mass is 19.1. The summed E-state index contributed by atoms with van der Waals surface area (Å²) in [5, 5.41) is 13.7. The van der Waals surface area contributed by atoms with Crippen LogP contribution < -0.4 is 5.32 Å². The van der Waals surface area contributed by atoms with Gasteiger partial charge in [0.15, 0.2) is 5.82 Å². The van der Waals surface area contributed by atoms with E-state index in [1.807, 2.05) is 28.8 Å². The first-order chi connectivity index (χ1) is 14.4. The predicted molar refractivity (Wildman–Crippen MR) is 114 cm³/mol. The molecule has 0 aliphatic heterocycles. The standard InChI is InChI=1S/C24H26FN3O2/c1-24(30,17-6-3-2-4-7-17)14-21(29)26-23-27-22-19(25)12-16(15-10-11-15)13-20(22)28(23)18-8-5-9-18/h2-4,6-7,12-13,15,18,30H,5,8-11,14H2,1H3,(H,26,27,29)/t24-/m1/s1. The third-order valence-corrected chi connectivity index (χ3v) is 6.41. The number of aromatic nitrogens is 2. The number of halogens is 1. The lowest BCUT2D eigenvalue weighted by atomic mass is 9.92. The number of fused-ring (bicyclic) bond motifs is 1. The van der Waals surface area contributed by atoms with Crippen LogP contribution in [0.4, 0.5) is 10.3 Å². The molecule has 2 N–H and O–H groups in total. The Hall–Kier alpha value is -2.73. The van der Waals surface area contributed by atoms with Gasteiger partial charge in [0.1, 0.15) is 5.52 Å².